The number of nitrogens with zero attached hydrogens (tertiary/aromatic N) is 2. The van der Waals surface area contributed by atoms with E-state index in [1.165, 1.54) is 0 Å². The number of aryl methyl sites for hydroxylation is 1. The number of halogens is 3. The van der Waals surface area contributed by atoms with Gasteiger partial charge in [0.1, 0.15) is 0 Å². The van der Waals surface area contributed by atoms with Gasteiger partial charge in [-0.25, -0.2) is 0 Å². The van der Waals surface area contributed by atoms with Crippen LogP contribution in [0.4, 0.5) is 13.2 Å². The van der Waals surface area contributed by atoms with Crippen LogP contribution in [0.5, 0.6) is 0 Å². The van der Waals surface area contributed by atoms with Crippen molar-refractivity contribution in [1.29, 1.82) is 0 Å². The zero-order chi connectivity index (χ0) is 13.3. The van der Waals surface area contributed by atoms with Crippen molar-refractivity contribution < 1.29 is 13.2 Å². The van der Waals surface area contributed by atoms with Crippen molar-refractivity contribution in [3.63, 3.8) is 0 Å². The van der Waals surface area contributed by atoms with Gasteiger partial charge in [-0.2, -0.15) is 18.3 Å². The zero-order valence-corrected chi connectivity index (χ0v) is 10.3. The molecular weight excluding hydrogens is 243 g/mol. The maximum absolute atomic E-state index is 12.7. The lowest BCUT2D eigenvalue weighted by Crippen LogP contribution is -2.33. The van der Waals surface area contributed by atoms with E-state index in [0.717, 1.165) is 6.42 Å². The van der Waals surface area contributed by atoms with Crippen molar-refractivity contribution in [3.8, 4) is 0 Å². The molecule has 0 saturated heterocycles. The van der Waals surface area contributed by atoms with Crippen LogP contribution < -0.4 is 5.73 Å². The molecule has 2 rings (SSSR count). The predicted molar refractivity (Wildman–Crippen MR) is 61.6 cm³/mol. The van der Waals surface area contributed by atoms with Crippen molar-refractivity contribution in [3.05, 3.63) is 18.0 Å². The Morgan fingerprint density at radius 2 is 2.17 bits per heavy atom. The van der Waals surface area contributed by atoms with E-state index in [-0.39, 0.29) is 18.8 Å². The van der Waals surface area contributed by atoms with Crippen LogP contribution in [0, 0.1) is 11.8 Å². The summed E-state index contributed by atoms with van der Waals surface area (Å²) in [5.41, 5.74) is 6.73. The lowest BCUT2D eigenvalue weighted by Gasteiger charge is -2.33. The predicted octanol–water partition coefficient (Wildman–Crippen LogP) is 2.79. The number of nitrogens with two attached hydrogens (primary N) is 1. The summed E-state index contributed by atoms with van der Waals surface area (Å²) < 4.78 is 39.8. The Hall–Kier alpha value is -1.04. The highest BCUT2D eigenvalue weighted by atomic mass is 19.4. The number of hydrogen-bond donors (Lipinski definition) is 1. The van der Waals surface area contributed by atoms with E-state index >= 15 is 0 Å². The fourth-order valence-electron chi connectivity index (χ4n) is 2.70. The van der Waals surface area contributed by atoms with Gasteiger partial charge in [0.2, 0.25) is 0 Å². The van der Waals surface area contributed by atoms with E-state index in [1.54, 1.807) is 24.0 Å². The van der Waals surface area contributed by atoms with E-state index in [1.807, 2.05) is 0 Å². The Balaban J connectivity index is 2.05. The number of rotatable bonds is 2. The van der Waals surface area contributed by atoms with Crippen molar-refractivity contribution >= 4 is 0 Å². The van der Waals surface area contributed by atoms with Gasteiger partial charge in [-0.1, -0.05) is 6.42 Å². The molecule has 18 heavy (non-hydrogen) atoms. The van der Waals surface area contributed by atoms with Crippen LogP contribution in [0.3, 0.4) is 0 Å². The molecule has 0 bridgehead atoms. The van der Waals surface area contributed by atoms with E-state index in [4.69, 9.17) is 5.73 Å². The molecule has 2 N–H and O–H groups in total. The molecule has 1 heterocycles. The molecule has 3 unspecified atom stereocenters. The van der Waals surface area contributed by atoms with E-state index in [9.17, 15) is 13.2 Å². The first-order valence-electron chi connectivity index (χ1n) is 6.19. The normalized spacial score (nSPS) is 27.2. The molecule has 1 aromatic heterocycles. The van der Waals surface area contributed by atoms with Crippen LogP contribution in [-0.4, -0.2) is 16.0 Å². The smallest absolute Gasteiger partial charge is 0.322 e. The summed E-state index contributed by atoms with van der Waals surface area (Å²) in [7, 11) is 1.77. The van der Waals surface area contributed by atoms with Crippen LogP contribution >= 0.6 is 0 Å². The Morgan fingerprint density at radius 3 is 2.72 bits per heavy atom. The van der Waals surface area contributed by atoms with Gasteiger partial charge in [0.25, 0.3) is 0 Å². The van der Waals surface area contributed by atoms with Gasteiger partial charge in [-0.3, -0.25) is 4.68 Å². The first kappa shape index (κ1) is 13.4. The Morgan fingerprint density at radius 1 is 1.44 bits per heavy atom. The third-order valence-corrected chi connectivity index (χ3v) is 3.76. The van der Waals surface area contributed by atoms with E-state index in [0.29, 0.717) is 12.1 Å². The van der Waals surface area contributed by atoms with Crippen molar-refractivity contribution in [1.82, 2.24) is 9.78 Å². The highest BCUT2D eigenvalue weighted by molar-refractivity contribution is 5.06. The summed E-state index contributed by atoms with van der Waals surface area (Å²) in [5.74, 6) is -1.33. The van der Waals surface area contributed by atoms with Crippen LogP contribution in [0.25, 0.3) is 0 Å². The quantitative estimate of drug-likeness (QED) is 0.889. The molecule has 3 nitrogen and oxygen atoms in total. The molecule has 6 heteroatoms. The highest BCUT2D eigenvalue weighted by Crippen LogP contribution is 2.42. The topological polar surface area (TPSA) is 43.8 Å². The first-order valence-corrected chi connectivity index (χ1v) is 6.19. The van der Waals surface area contributed by atoms with Gasteiger partial charge in [0.15, 0.2) is 0 Å². The summed E-state index contributed by atoms with van der Waals surface area (Å²) in [5, 5.41) is 4.18. The van der Waals surface area contributed by atoms with Gasteiger partial charge in [-0.05, 0) is 31.2 Å². The second-order valence-corrected chi connectivity index (χ2v) is 5.11. The SMILES string of the molecule is Cn1ccc(C(N)C2CCCC(C(F)(F)F)C2)n1. The molecule has 102 valence electrons. The molecule has 1 fully saturated rings. The average Bonchev–Trinajstić information content (AvgIpc) is 2.74. The third kappa shape index (κ3) is 2.85. The Bertz CT molecular complexity index is 400. The Labute approximate surface area is 104 Å². The zero-order valence-electron chi connectivity index (χ0n) is 10.3. The fourth-order valence-corrected chi connectivity index (χ4v) is 2.70. The monoisotopic (exact) mass is 261 g/mol. The minimum absolute atomic E-state index is 0.125. The third-order valence-electron chi connectivity index (χ3n) is 3.76. The second kappa shape index (κ2) is 4.91. The molecule has 0 radical (unpaired) electrons. The molecule has 0 aromatic carbocycles. The maximum atomic E-state index is 12.7. The molecule has 0 amide bonds. The summed E-state index contributed by atoms with van der Waals surface area (Å²) in [6.45, 7) is 0. The Kier molecular flexibility index (Phi) is 3.66. The molecule has 0 spiro atoms. The van der Waals surface area contributed by atoms with E-state index < -0.39 is 18.1 Å². The summed E-state index contributed by atoms with van der Waals surface area (Å²) in [6.07, 6.45) is -0.627. The molecule has 1 saturated carbocycles. The summed E-state index contributed by atoms with van der Waals surface area (Å²) >= 11 is 0. The molecule has 3 atom stereocenters. The lowest BCUT2D eigenvalue weighted by atomic mass is 9.77. The molecule has 1 aliphatic carbocycles. The van der Waals surface area contributed by atoms with Crippen LogP contribution in [0.1, 0.15) is 37.4 Å². The first-order chi connectivity index (χ1) is 8.38. The largest absolute Gasteiger partial charge is 0.391 e. The van der Waals surface area contributed by atoms with Crippen LogP contribution in [-0.2, 0) is 7.05 Å². The summed E-state index contributed by atoms with van der Waals surface area (Å²) in [4.78, 5) is 0. The number of aromatic nitrogens is 2. The van der Waals surface area contributed by atoms with Crippen molar-refractivity contribution in [2.75, 3.05) is 0 Å². The minimum Gasteiger partial charge on any atom is -0.322 e. The maximum Gasteiger partial charge on any atom is 0.391 e. The highest BCUT2D eigenvalue weighted by Gasteiger charge is 2.43. The lowest BCUT2D eigenvalue weighted by molar-refractivity contribution is -0.186. The van der Waals surface area contributed by atoms with Gasteiger partial charge >= 0.3 is 6.18 Å². The second-order valence-electron chi connectivity index (χ2n) is 5.11. The van der Waals surface area contributed by atoms with Gasteiger partial charge in [-0.15, -0.1) is 0 Å². The van der Waals surface area contributed by atoms with E-state index in [2.05, 4.69) is 5.10 Å². The van der Waals surface area contributed by atoms with Gasteiger partial charge < -0.3 is 5.73 Å². The molecule has 1 aliphatic rings. The standard InChI is InChI=1S/C12H18F3N3/c1-18-6-5-10(17-18)11(16)8-3-2-4-9(7-8)12(13,14)15/h5-6,8-9,11H,2-4,7,16H2,1H3. The summed E-state index contributed by atoms with van der Waals surface area (Å²) in [6, 6.07) is 1.39. The van der Waals surface area contributed by atoms with Crippen molar-refractivity contribution in [2.45, 2.75) is 37.9 Å². The fraction of sp³-hybridized carbons (Fsp3) is 0.750. The molecule has 0 aliphatic heterocycles. The minimum atomic E-state index is -4.09. The number of alkyl halides is 3. The average molecular weight is 261 g/mol. The van der Waals surface area contributed by atoms with Crippen molar-refractivity contribution in [2.24, 2.45) is 24.6 Å². The number of hydrogen-bond acceptors (Lipinski definition) is 2. The molecular formula is C12H18F3N3. The van der Waals surface area contributed by atoms with Gasteiger partial charge in [0, 0.05) is 13.2 Å². The van der Waals surface area contributed by atoms with Gasteiger partial charge in [0.05, 0.1) is 17.7 Å². The molecule has 1 aromatic rings. The van der Waals surface area contributed by atoms with Crippen LogP contribution in [0.2, 0.25) is 0 Å². The van der Waals surface area contributed by atoms with Crippen LogP contribution in [0.15, 0.2) is 12.3 Å².